The molecular formula is C7H3ClO6S. The highest BCUT2D eigenvalue weighted by molar-refractivity contribution is 7.16. The van der Waals surface area contributed by atoms with Crippen LogP contribution in [0.1, 0.15) is 29.7 Å². The van der Waals surface area contributed by atoms with Crippen LogP contribution in [0, 0.1) is 0 Å². The summed E-state index contributed by atoms with van der Waals surface area (Å²) in [4.78, 5) is 30.7. The number of carboxylic acids is 3. The van der Waals surface area contributed by atoms with Crippen LogP contribution in [0.25, 0.3) is 0 Å². The third-order valence-corrected chi connectivity index (χ3v) is 3.11. The first-order valence-electron chi connectivity index (χ1n) is 3.38. The fourth-order valence-corrected chi connectivity index (χ4v) is 2.18. The molecule has 0 aromatic carbocycles. The smallest absolute Gasteiger partial charge is 0.347 e. The second-order valence-corrected chi connectivity index (χ2v) is 3.76. The third kappa shape index (κ3) is 1.92. The van der Waals surface area contributed by atoms with E-state index in [-0.39, 0.29) is 0 Å². The maximum absolute atomic E-state index is 10.6. The van der Waals surface area contributed by atoms with Gasteiger partial charge < -0.3 is 15.3 Å². The Morgan fingerprint density at radius 2 is 1.40 bits per heavy atom. The Balaban J connectivity index is 3.53. The van der Waals surface area contributed by atoms with E-state index in [9.17, 15) is 14.4 Å². The van der Waals surface area contributed by atoms with E-state index in [1.54, 1.807) is 0 Å². The standard InChI is InChI=1S/C7H3ClO6S/c8-2-1(5(9)10)3(6(11)12)15-4(2)7(13)14/h(H,9,10)(H,11,12)(H,13,14). The average molecular weight is 251 g/mol. The molecule has 0 bridgehead atoms. The largest absolute Gasteiger partial charge is 0.478 e. The molecule has 1 aromatic rings. The molecule has 3 N–H and O–H groups in total. The zero-order valence-electron chi connectivity index (χ0n) is 6.85. The molecule has 0 aliphatic rings. The minimum absolute atomic E-state index is 0.319. The molecule has 1 aromatic heterocycles. The number of rotatable bonds is 3. The molecule has 0 aliphatic heterocycles. The summed E-state index contributed by atoms with van der Waals surface area (Å²) >= 11 is 5.77. The van der Waals surface area contributed by atoms with E-state index in [4.69, 9.17) is 26.9 Å². The first-order chi connectivity index (χ1) is 6.86. The molecule has 0 fully saturated rings. The number of hydrogen-bond acceptors (Lipinski definition) is 4. The lowest BCUT2D eigenvalue weighted by molar-refractivity contribution is 0.0656. The number of thiophene rings is 1. The minimum Gasteiger partial charge on any atom is -0.478 e. The van der Waals surface area contributed by atoms with Crippen LogP contribution in [0.15, 0.2) is 0 Å². The van der Waals surface area contributed by atoms with Gasteiger partial charge >= 0.3 is 17.9 Å². The lowest BCUT2D eigenvalue weighted by atomic mass is 10.2. The number of hydrogen-bond donors (Lipinski definition) is 3. The van der Waals surface area contributed by atoms with Gasteiger partial charge in [0.05, 0.1) is 5.02 Å². The van der Waals surface area contributed by atoms with E-state index in [0.29, 0.717) is 11.3 Å². The van der Waals surface area contributed by atoms with Crippen LogP contribution >= 0.6 is 22.9 Å². The SMILES string of the molecule is O=C(O)c1sc(C(=O)O)c(C(=O)O)c1Cl. The van der Waals surface area contributed by atoms with Crippen LogP contribution in [0.3, 0.4) is 0 Å². The van der Waals surface area contributed by atoms with Gasteiger partial charge in [0.1, 0.15) is 15.3 Å². The highest BCUT2D eigenvalue weighted by atomic mass is 35.5. The normalized spacial score (nSPS) is 9.93. The van der Waals surface area contributed by atoms with Gasteiger partial charge in [-0.25, -0.2) is 14.4 Å². The van der Waals surface area contributed by atoms with Gasteiger partial charge in [-0.05, 0) is 0 Å². The average Bonchev–Trinajstić information content (AvgIpc) is 2.42. The monoisotopic (exact) mass is 250 g/mol. The molecule has 0 aliphatic carbocycles. The van der Waals surface area contributed by atoms with Gasteiger partial charge in [0.2, 0.25) is 0 Å². The Hall–Kier alpha value is -1.60. The Morgan fingerprint density at radius 1 is 0.933 bits per heavy atom. The zero-order chi connectivity index (χ0) is 11.7. The Kier molecular flexibility index (Phi) is 2.96. The van der Waals surface area contributed by atoms with Crippen LogP contribution in [-0.2, 0) is 0 Å². The minimum atomic E-state index is -1.57. The topological polar surface area (TPSA) is 112 Å². The van der Waals surface area contributed by atoms with Crippen molar-refractivity contribution in [2.24, 2.45) is 0 Å². The molecule has 0 amide bonds. The van der Waals surface area contributed by atoms with E-state index < -0.39 is 38.2 Å². The van der Waals surface area contributed by atoms with Gasteiger partial charge in [-0.1, -0.05) is 11.6 Å². The van der Waals surface area contributed by atoms with Gasteiger partial charge in [-0.15, -0.1) is 11.3 Å². The summed E-state index contributed by atoms with van der Waals surface area (Å²) in [6.07, 6.45) is 0. The van der Waals surface area contributed by atoms with Crippen molar-refractivity contribution in [3.63, 3.8) is 0 Å². The van der Waals surface area contributed by atoms with Crippen molar-refractivity contribution in [1.29, 1.82) is 0 Å². The Bertz CT molecular complexity index is 462. The molecule has 0 spiro atoms. The highest BCUT2D eigenvalue weighted by Crippen LogP contribution is 2.33. The molecule has 0 radical (unpaired) electrons. The van der Waals surface area contributed by atoms with Gasteiger partial charge in [0.25, 0.3) is 0 Å². The van der Waals surface area contributed by atoms with E-state index in [1.165, 1.54) is 0 Å². The molecule has 1 rings (SSSR count). The summed E-state index contributed by atoms with van der Waals surface area (Å²) in [5.74, 6) is -4.55. The summed E-state index contributed by atoms with van der Waals surface area (Å²) in [5, 5.41) is 25.3. The van der Waals surface area contributed by atoms with Crippen LogP contribution in [0.2, 0.25) is 5.02 Å². The van der Waals surface area contributed by atoms with Gasteiger partial charge in [-0.2, -0.15) is 0 Å². The maximum Gasteiger partial charge on any atom is 0.347 e. The maximum atomic E-state index is 10.6. The van der Waals surface area contributed by atoms with E-state index >= 15 is 0 Å². The Labute approximate surface area is 91.3 Å². The number of halogens is 1. The van der Waals surface area contributed by atoms with Crippen molar-refractivity contribution in [2.75, 3.05) is 0 Å². The quantitative estimate of drug-likeness (QED) is 0.749. The van der Waals surface area contributed by atoms with E-state index in [0.717, 1.165) is 0 Å². The van der Waals surface area contributed by atoms with Gasteiger partial charge in [0.15, 0.2) is 0 Å². The first kappa shape index (κ1) is 11.5. The number of carbonyl (C=O) groups is 3. The van der Waals surface area contributed by atoms with Crippen molar-refractivity contribution < 1.29 is 29.7 Å². The van der Waals surface area contributed by atoms with E-state index in [1.807, 2.05) is 0 Å². The molecule has 0 saturated heterocycles. The summed E-state index contributed by atoms with van der Waals surface area (Å²) in [5.41, 5.74) is -0.688. The van der Waals surface area contributed by atoms with Crippen LogP contribution < -0.4 is 0 Å². The lowest BCUT2D eigenvalue weighted by Crippen LogP contribution is -2.04. The molecule has 80 valence electrons. The molecule has 15 heavy (non-hydrogen) atoms. The number of aromatic carboxylic acids is 3. The molecule has 6 nitrogen and oxygen atoms in total. The Morgan fingerprint density at radius 3 is 1.67 bits per heavy atom. The second kappa shape index (κ2) is 3.87. The van der Waals surface area contributed by atoms with Crippen molar-refractivity contribution in [3.8, 4) is 0 Å². The fraction of sp³-hybridized carbons (Fsp3) is 0. The van der Waals surface area contributed by atoms with Crippen LogP contribution in [0.4, 0.5) is 0 Å². The summed E-state index contributed by atoms with van der Waals surface area (Å²) < 4.78 is 0. The fourth-order valence-electron chi connectivity index (χ4n) is 0.890. The molecular weight excluding hydrogens is 248 g/mol. The van der Waals surface area contributed by atoms with Crippen LogP contribution in [0.5, 0.6) is 0 Å². The first-order valence-corrected chi connectivity index (χ1v) is 4.57. The summed E-state index contributed by atoms with van der Waals surface area (Å²) in [6.45, 7) is 0. The summed E-state index contributed by atoms with van der Waals surface area (Å²) in [6, 6.07) is 0. The second-order valence-electron chi connectivity index (χ2n) is 2.36. The molecule has 0 saturated carbocycles. The van der Waals surface area contributed by atoms with Gasteiger partial charge in [0, 0.05) is 0 Å². The predicted molar refractivity (Wildman–Crippen MR) is 50.2 cm³/mol. The predicted octanol–water partition coefficient (Wildman–Crippen LogP) is 1.50. The highest BCUT2D eigenvalue weighted by Gasteiger charge is 2.28. The van der Waals surface area contributed by atoms with Crippen molar-refractivity contribution >= 4 is 40.8 Å². The third-order valence-electron chi connectivity index (χ3n) is 1.45. The molecule has 0 atom stereocenters. The van der Waals surface area contributed by atoms with Crippen molar-refractivity contribution in [2.45, 2.75) is 0 Å². The number of carboxylic acid groups (broad SMARTS) is 3. The summed E-state index contributed by atoms with van der Waals surface area (Å²) in [7, 11) is 0. The van der Waals surface area contributed by atoms with Gasteiger partial charge in [-0.3, -0.25) is 0 Å². The zero-order valence-corrected chi connectivity index (χ0v) is 8.43. The van der Waals surface area contributed by atoms with Crippen molar-refractivity contribution in [1.82, 2.24) is 0 Å². The van der Waals surface area contributed by atoms with E-state index in [2.05, 4.69) is 0 Å². The van der Waals surface area contributed by atoms with Crippen LogP contribution in [-0.4, -0.2) is 33.2 Å². The molecule has 0 unspecified atom stereocenters. The van der Waals surface area contributed by atoms with Crippen molar-refractivity contribution in [3.05, 3.63) is 20.3 Å². The lowest BCUT2D eigenvalue weighted by Gasteiger charge is -1.92. The molecule has 8 heteroatoms. The molecule has 1 heterocycles.